The minimum absolute atomic E-state index is 0.279. The van der Waals surface area contributed by atoms with Gasteiger partial charge in [0.15, 0.2) is 5.13 Å². The number of fused-ring (bicyclic) bond motifs is 1. The second-order valence-corrected chi connectivity index (χ2v) is 6.53. The van der Waals surface area contributed by atoms with Gasteiger partial charge in [-0.25, -0.2) is 4.98 Å². The van der Waals surface area contributed by atoms with Crippen LogP contribution in [0.25, 0.3) is 10.2 Å². The zero-order chi connectivity index (χ0) is 15.0. The standard InChI is InChI=1S/C14H7Cl3N2OS/c15-8-3-1-2-7(4-8)13(20)19-14-18-12-10(17)5-9(16)6-11(12)21-14/h1-6H,(H,18,19,20). The van der Waals surface area contributed by atoms with Gasteiger partial charge >= 0.3 is 0 Å². The molecule has 0 unspecified atom stereocenters. The molecule has 0 aliphatic carbocycles. The zero-order valence-electron chi connectivity index (χ0n) is 10.4. The summed E-state index contributed by atoms with van der Waals surface area (Å²) in [7, 11) is 0. The SMILES string of the molecule is O=C(Nc1nc2c(Cl)cc(Cl)cc2s1)c1cccc(Cl)c1. The van der Waals surface area contributed by atoms with Gasteiger partial charge in [0, 0.05) is 15.6 Å². The molecule has 0 atom stereocenters. The van der Waals surface area contributed by atoms with Crippen molar-refractivity contribution < 1.29 is 4.79 Å². The largest absolute Gasteiger partial charge is 0.298 e. The fraction of sp³-hybridized carbons (Fsp3) is 0. The van der Waals surface area contributed by atoms with Crippen LogP contribution in [-0.4, -0.2) is 10.9 Å². The minimum Gasteiger partial charge on any atom is -0.298 e. The Morgan fingerprint density at radius 1 is 1.10 bits per heavy atom. The Morgan fingerprint density at radius 3 is 2.67 bits per heavy atom. The molecule has 7 heteroatoms. The summed E-state index contributed by atoms with van der Waals surface area (Å²) < 4.78 is 0.814. The molecule has 21 heavy (non-hydrogen) atoms. The van der Waals surface area contributed by atoms with Crippen molar-refractivity contribution in [3.63, 3.8) is 0 Å². The van der Waals surface area contributed by atoms with Crippen LogP contribution in [-0.2, 0) is 0 Å². The molecule has 1 aromatic heterocycles. The zero-order valence-corrected chi connectivity index (χ0v) is 13.4. The molecule has 1 amide bonds. The van der Waals surface area contributed by atoms with E-state index in [2.05, 4.69) is 10.3 Å². The number of amides is 1. The lowest BCUT2D eigenvalue weighted by atomic mass is 10.2. The van der Waals surface area contributed by atoms with Crippen LogP contribution in [0.4, 0.5) is 5.13 Å². The molecule has 106 valence electrons. The molecular weight excluding hydrogens is 351 g/mol. The second-order valence-electron chi connectivity index (χ2n) is 4.22. The van der Waals surface area contributed by atoms with E-state index in [1.165, 1.54) is 11.3 Å². The van der Waals surface area contributed by atoms with Crippen molar-refractivity contribution in [2.75, 3.05) is 5.32 Å². The van der Waals surface area contributed by atoms with E-state index in [9.17, 15) is 4.79 Å². The normalized spacial score (nSPS) is 10.8. The van der Waals surface area contributed by atoms with Crippen molar-refractivity contribution in [2.24, 2.45) is 0 Å². The fourth-order valence-electron chi connectivity index (χ4n) is 1.81. The number of aromatic nitrogens is 1. The molecule has 0 bridgehead atoms. The topological polar surface area (TPSA) is 42.0 Å². The highest BCUT2D eigenvalue weighted by molar-refractivity contribution is 7.22. The Hall–Kier alpha value is -1.33. The summed E-state index contributed by atoms with van der Waals surface area (Å²) in [6.07, 6.45) is 0. The lowest BCUT2D eigenvalue weighted by Crippen LogP contribution is -2.11. The minimum atomic E-state index is -0.279. The van der Waals surface area contributed by atoms with E-state index in [4.69, 9.17) is 34.8 Å². The van der Waals surface area contributed by atoms with Crippen LogP contribution in [0.2, 0.25) is 15.1 Å². The highest BCUT2D eigenvalue weighted by atomic mass is 35.5. The number of carbonyl (C=O) groups is 1. The van der Waals surface area contributed by atoms with Gasteiger partial charge in [-0.1, -0.05) is 52.2 Å². The lowest BCUT2D eigenvalue weighted by Gasteiger charge is -2.01. The molecule has 3 aromatic rings. The summed E-state index contributed by atoms with van der Waals surface area (Å²) >= 11 is 19.2. The van der Waals surface area contributed by atoms with Gasteiger partial charge in [0.1, 0.15) is 5.52 Å². The molecule has 0 aliphatic rings. The Balaban J connectivity index is 1.91. The van der Waals surface area contributed by atoms with Gasteiger partial charge in [0.05, 0.1) is 9.72 Å². The number of nitrogens with one attached hydrogen (secondary N) is 1. The average Bonchev–Trinajstić information content (AvgIpc) is 2.81. The van der Waals surface area contributed by atoms with Crippen molar-refractivity contribution >= 4 is 67.4 Å². The van der Waals surface area contributed by atoms with E-state index in [1.54, 1.807) is 36.4 Å². The number of hydrogen-bond acceptors (Lipinski definition) is 3. The second kappa shape index (κ2) is 5.81. The molecule has 1 N–H and O–H groups in total. The van der Waals surface area contributed by atoms with Gasteiger partial charge in [0.25, 0.3) is 5.91 Å². The molecule has 0 spiro atoms. The van der Waals surface area contributed by atoms with Crippen LogP contribution >= 0.6 is 46.1 Å². The number of hydrogen-bond donors (Lipinski definition) is 1. The van der Waals surface area contributed by atoms with Gasteiger partial charge in [-0.3, -0.25) is 10.1 Å². The van der Waals surface area contributed by atoms with Crippen LogP contribution in [0, 0.1) is 0 Å². The molecule has 2 aromatic carbocycles. The molecule has 0 fully saturated rings. The number of rotatable bonds is 2. The summed E-state index contributed by atoms with van der Waals surface area (Å²) in [6, 6.07) is 10.1. The average molecular weight is 358 g/mol. The third kappa shape index (κ3) is 3.14. The maximum absolute atomic E-state index is 12.1. The number of anilines is 1. The highest BCUT2D eigenvalue weighted by Crippen LogP contribution is 2.33. The van der Waals surface area contributed by atoms with Crippen LogP contribution in [0.15, 0.2) is 36.4 Å². The summed E-state index contributed by atoms with van der Waals surface area (Å²) in [4.78, 5) is 16.4. The van der Waals surface area contributed by atoms with Crippen molar-refractivity contribution in [2.45, 2.75) is 0 Å². The van der Waals surface area contributed by atoms with Gasteiger partial charge in [-0.05, 0) is 30.3 Å². The number of nitrogens with zero attached hydrogens (tertiary/aromatic N) is 1. The predicted octanol–water partition coefficient (Wildman–Crippen LogP) is 5.51. The molecule has 0 radical (unpaired) electrons. The van der Waals surface area contributed by atoms with Crippen LogP contribution < -0.4 is 5.32 Å². The van der Waals surface area contributed by atoms with E-state index in [1.807, 2.05) is 0 Å². The molecule has 3 rings (SSSR count). The Kier molecular flexibility index (Phi) is 4.04. The van der Waals surface area contributed by atoms with E-state index < -0.39 is 0 Å². The Labute approximate surface area is 139 Å². The number of carbonyl (C=O) groups excluding carboxylic acids is 1. The van der Waals surface area contributed by atoms with Crippen molar-refractivity contribution in [1.82, 2.24) is 4.98 Å². The molecule has 1 heterocycles. The molecule has 3 nitrogen and oxygen atoms in total. The maximum atomic E-state index is 12.1. The molecule has 0 aliphatic heterocycles. The first kappa shape index (κ1) is 14.6. The summed E-state index contributed by atoms with van der Waals surface area (Å²) in [5.41, 5.74) is 1.08. The molecule has 0 saturated heterocycles. The number of halogens is 3. The van der Waals surface area contributed by atoms with Crippen LogP contribution in [0.1, 0.15) is 10.4 Å². The third-order valence-corrected chi connectivity index (χ3v) is 4.38. The van der Waals surface area contributed by atoms with E-state index >= 15 is 0 Å². The quantitative estimate of drug-likeness (QED) is 0.657. The Morgan fingerprint density at radius 2 is 1.90 bits per heavy atom. The first-order chi connectivity index (χ1) is 10.0. The summed E-state index contributed by atoms with van der Waals surface area (Å²) in [6.45, 7) is 0. The summed E-state index contributed by atoms with van der Waals surface area (Å²) in [5, 5.41) is 4.68. The lowest BCUT2D eigenvalue weighted by molar-refractivity contribution is 0.102. The first-order valence-electron chi connectivity index (χ1n) is 5.85. The van der Waals surface area contributed by atoms with E-state index in [-0.39, 0.29) is 5.91 Å². The number of benzene rings is 2. The van der Waals surface area contributed by atoms with Gasteiger partial charge in [-0.2, -0.15) is 0 Å². The van der Waals surface area contributed by atoms with Gasteiger partial charge < -0.3 is 0 Å². The predicted molar refractivity (Wildman–Crippen MR) is 89.0 cm³/mol. The van der Waals surface area contributed by atoms with Gasteiger partial charge in [-0.15, -0.1) is 0 Å². The maximum Gasteiger partial charge on any atom is 0.257 e. The van der Waals surface area contributed by atoms with Crippen molar-refractivity contribution in [3.05, 3.63) is 57.0 Å². The van der Waals surface area contributed by atoms with Crippen LogP contribution in [0.3, 0.4) is 0 Å². The van der Waals surface area contributed by atoms with E-state index in [0.717, 1.165) is 4.70 Å². The smallest absolute Gasteiger partial charge is 0.257 e. The summed E-state index contributed by atoms with van der Waals surface area (Å²) in [5.74, 6) is -0.279. The van der Waals surface area contributed by atoms with Crippen molar-refractivity contribution in [1.29, 1.82) is 0 Å². The Bertz CT molecular complexity index is 847. The third-order valence-electron chi connectivity index (χ3n) is 2.72. The van der Waals surface area contributed by atoms with Crippen molar-refractivity contribution in [3.8, 4) is 0 Å². The molecule has 0 saturated carbocycles. The van der Waals surface area contributed by atoms with Gasteiger partial charge in [0.2, 0.25) is 0 Å². The fourth-order valence-corrected chi connectivity index (χ4v) is 3.58. The van der Waals surface area contributed by atoms with E-state index in [0.29, 0.717) is 31.3 Å². The monoisotopic (exact) mass is 356 g/mol. The molecular formula is C14H7Cl3N2OS. The number of thiazole rings is 1. The first-order valence-corrected chi connectivity index (χ1v) is 7.80. The highest BCUT2D eigenvalue weighted by Gasteiger charge is 2.12. The van der Waals surface area contributed by atoms with Crippen LogP contribution in [0.5, 0.6) is 0 Å².